The Kier molecular flexibility index (Phi) is 15.4. The summed E-state index contributed by atoms with van der Waals surface area (Å²) in [6.07, 6.45) is 7.50. The fourth-order valence-corrected chi connectivity index (χ4v) is 5.28. The number of hydrogen-bond acceptors (Lipinski definition) is 7. The van der Waals surface area contributed by atoms with Crippen molar-refractivity contribution in [3.05, 3.63) is 53.6 Å². The molecule has 0 aromatic heterocycles. The average molecular weight is 630 g/mol. The summed E-state index contributed by atoms with van der Waals surface area (Å²) in [6.45, 7) is 9.46. The molecule has 0 aliphatic heterocycles. The monoisotopic (exact) mass is 629 g/mol. The van der Waals surface area contributed by atoms with Crippen molar-refractivity contribution >= 4 is 35.4 Å². The normalized spacial score (nSPS) is 12.6. The van der Waals surface area contributed by atoms with Crippen LogP contribution in [0.5, 0.6) is 11.5 Å². The number of benzene rings is 2. The van der Waals surface area contributed by atoms with Crippen molar-refractivity contribution in [1.82, 2.24) is 10.2 Å². The minimum Gasteiger partial charge on any atom is -0.507 e. The van der Waals surface area contributed by atoms with Gasteiger partial charge >= 0.3 is 6.09 Å². The lowest BCUT2D eigenvalue weighted by molar-refractivity contribution is -0.141. The van der Waals surface area contributed by atoms with Gasteiger partial charge in [0.05, 0.1) is 7.11 Å². The molecule has 244 valence electrons. The van der Waals surface area contributed by atoms with Gasteiger partial charge in [0.15, 0.2) is 0 Å². The number of methoxy groups -OCH3 is 1. The summed E-state index contributed by atoms with van der Waals surface area (Å²) in [4.78, 5) is 42.9. The summed E-state index contributed by atoms with van der Waals surface area (Å²) in [5, 5.41) is 16.9. The Morgan fingerprint density at radius 3 is 2.27 bits per heavy atom. The van der Waals surface area contributed by atoms with Crippen LogP contribution in [0.25, 0.3) is 0 Å². The number of carbonyl (C=O) groups is 3. The molecule has 0 aliphatic carbocycles. The molecule has 0 heterocycles. The first-order chi connectivity index (χ1) is 20.9. The van der Waals surface area contributed by atoms with E-state index in [1.54, 1.807) is 89.0 Å². The number of aromatic hydroxyl groups is 1. The fraction of sp³-hybridized carbons (Fsp3) is 0.559. The fourth-order valence-electron chi connectivity index (χ4n) is 4.81. The van der Waals surface area contributed by atoms with E-state index >= 15 is 0 Å². The molecule has 0 radical (unpaired) electrons. The second-order valence-electron chi connectivity index (χ2n) is 11.9. The number of para-hydroxylation sites is 1. The second-order valence-corrected chi connectivity index (χ2v) is 12.9. The van der Waals surface area contributed by atoms with E-state index in [4.69, 9.17) is 9.47 Å². The average Bonchev–Trinajstić information content (AvgIpc) is 2.97. The number of aryl methyl sites for hydroxylation is 1. The Hall–Kier alpha value is -3.40. The molecule has 0 saturated heterocycles. The number of thioether (sulfide) groups is 1. The topological polar surface area (TPSA) is 117 Å². The van der Waals surface area contributed by atoms with Gasteiger partial charge in [0.1, 0.15) is 29.2 Å². The molecule has 9 nitrogen and oxygen atoms in total. The van der Waals surface area contributed by atoms with Gasteiger partial charge in [-0.1, -0.05) is 57.2 Å². The number of hydrogen-bond donors (Lipinski definition) is 3. The van der Waals surface area contributed by atoms with Gasteiger partial charge in [0.25, 0.3) is 5.91 Å². The van der Waals surface area contributed by atoms with E-state index < -0.39 is 35.6 Å². The third-order valence-electron chi connectivity index (χ3n) is 7.12. The van der Waals surface area contributed by atoms with Crippen LogP contribution in [0, 0.1) is 6.92 Å². The van der Waals surface area contributed by atoms with Gasteiger partial charge in [0, 0.05) is 17.8 Å². The third-order valence-corrected chi connectivity index (χ3v) is 7.76. The number of nitrogens with zero attached hydrogens (tertiary/aromatic N) is 1. The van der Waals surface area contributed by atoms with Crippen LogP contribution in [-0.4, -0.2) is 65.2 Å². The Morgan fingerprint density at radius 1 is 1.00 bits per heavy atom. The summed E-state index contributed by atoms with van der Waals surface area (Å²) in [6, 6.07) is 10.00. The highest BCUT2D eigenvalue weighted by atomic mass is 32.2. The van der Waals surface area contributed by atoms with Crippen LogP contribution >= 0.6 is 11.8 Å². The van der Waals surface area contributed by atoms with E-state index in [9.17, 15) is 19.5 Å². The third kappa shape index (κ3) is 11.9. The quantitative estimate of drug-likeness (QED) is 0.158. The standard InChI is InChI=1S/C34H51N3O6S/c1-8-9-10-11-12-13-22-37(32(40)28(21-23-44-7)36-33(41)43-34(3,4)5)29(27-16-14-15-24(2)30(27)38)31(39)35-25-17-19-26(42-6)20-18-25/h14-20,28-29,38H,8-13,21-23H2,1-7H3,(H,35,39)(H,36,41). The van der Waals surface area contributed by atoms with Crippen molar-refractivity contribution in [1.29, 1.82) is 0 Å². The van der Waals surface area contributed by atoms with Crippen molar-refractivity contribution in [3.8, 4) is 11.5 Å². The lowest BCUT2D eigenvalue weighted by Crippen LogP contribution is -2.52. The number of alkyl carbamates (subject to hydrolysis) is 1. The number of carbonyl (C=O) groups excluding carboxylic acids is 3. The zero-order chi connectivity index (χ0) is 32.7. The molecule has 3 amide bonds. The van der Waals surface area contributed by atoms with Crippen molar-refractivity contribution < 1.29 is 29.0 Å². The SMILES string of the molecule is CCCCCCCCN(C(=O)C(CCSC)NC(=O)OC(C)(C)C)C(C(=O)Nc1ccc(OC)cc1)c1cccc(C)c1O. The van der Waals surface area contributed by atoms with Crippen LogP contribution in [-0.2, 0) is 14.3 Å². The first kappa shape index (κ1) is 36.8. The number of nitrogens with one attached hydrogen (secondary N) is 2. The lowest BCUT2D eigenvalue weighted by atomic mass is 9.98. The number of phenols is 1. The largest absolute Gasteiger partial charge is 0.507 e. The molecule has 0 aliphatic rings. The first-order valence-corrected chi connectivity index (χ1v) is 16.8. The summed E-state index contributed by atoms with van der Waals surface area (Å²) in [5.74, 6) is 0.310. The number of unbranched alkanes of at least 4 members (excludes halogenated alkanes) is 5. The van der Waals surface area contributed by atoms with Crippen LogP contribution in [0.2, 0.25) is 0 Å². The van der Waals surface area contributed by atoms with E-state index in [0.29, 0.717) is 41.2 Å². The van der Waals surface area contributed by atoms with Crippen LogP contribution in [0.3, 0.4) is 0 Å². The lowest BCUT2D eigenvalue weighted by Gasteiger charge is -2.35. The molecule has 2 atom stereocenters. The van der Waals surface area contributed by atoms with E-state index in [1.807, 2.05) is 6.26 Å². The molecule has 0 fully saturated rings. The zero-order valence-corrected chi connectivity index (χ0v) is 28.2. The predicted octanol–water partition coefficient (Wildman–Crippen LogP) is 7.22. The highest BCUT2D eigenvalue weighted by molar-refractivity contribution is 7.98. The van der Waals surface area contributed by atoms with E-state index in [2.05, 4.69) is 17.6 Å². The minimum absolute atomic E-state index is 0.0520. The summed E-state index contributed by atoms with van der Waals surface area (Å²) >= 11 is 1.56. The van der Waals surface area contributed by atoms with Gasteiger partial charge in [-0.25, -0.2) is 4.79 Å². The Bertz CT molecular complexity index is 1200. The van der Waals surface area contributed by atoms with Crippen LogP contribution in [0.4, 0.5) is 10.5 Å². The molecule has 2 aromatic carbocycles. The van der Waals surface area contributed by atoms with Gasteiger partial charge < -0.3 is 30.1 Å². The van der Waals surface area contributed by atoms with Gasteiger partial charge in [-0.2, -0.15) is 11.8 Å². The minimum atomic E-state index is -1.16. The number of anilines is 1. The van der Waals surface area contributed by atoms with E-state index in [1.165, 1.54) is 4.90 Å². The Morgan fingerprint density at radius 2 is 1.66 bits per heavy atom. The van der Waals surface area contributed by atoms with Crippen LogP contribution in [0.15, 0.2) is 42.5 Å². The van der Waals surface area contributed by atoms with Gasteiger partial charge in [-0.3, -0.25) is 9.59 Å². The van der Waals surface area contributed by atoms with Crippen molar-refractivity contribution in [3.63, 3.8) is 0 Å². The molecule has 2 aromatic rings. The Labute approximate surface area is 267 Å². The molecular weight excluding hydrogens is 578 g/mol. The highest BCUT2D eigenvalue weighted by Crippen LogP contribution is 2.34. The molecule has 2 rings (SSSR count). The van der Waals surface area contributed by atoms with Crippen molar-refractivity contribution in [2.45, 2.75) is 97.2 Å². The molecule has 2 unspecified atom stereocenters. The molecule has 3 N–H and O–H groups in total. The first-order valence-electron chi connectivity index (χ1n) is 15.4. The maximum absolute atomic E-state index is 14.4. The van der Waals surface area contributed by atoms with E-state index in [0.717, 1.165) is 32.1 Å². The molecule has 0 spiro atoms. The number of phenolic OH excluding ortho intramolecular Hbond substituents is 1. The molecule has 44 heavy (non-hydrogen) atoms. The smallest absolute Gasteiger partial charge is 0.408 e. The second kappa shape index (κ2) is 18.4. The molecule has 0 bridgehead atoms. The number of ether oxygens (including phenoxy) is 2. The summed E-state index contributed by atoms with van der Waals surface area (Å²) in [7, 11) is 1.56. The van der Waals surface area contributed by atoms with Crippen LogP contribution in [0.1, 0.15) is 89.8 Å². The number of rotatable bonds is 17. The van der Waals surface area contributed by atoms with Gasteiger partial charge in [0.2, 0.25) is 5.91 Å². The number of amides is 3. The maximum atomic E-state index is 14.4. The van der Waals surface area contributed by atoms with Crippen LogP contribution < -0.4 is 15.4 Å². The molecule has 10 heteroatoms. The predicted molar refractivity (Wildman–Crippen MR) is 178 cm³/mol. The summed E-state index contributed by atoms with van der Waals surface area (Å²) in [5.41, 5.74) is 0.674. The molecule has 0 saturated carbocycles. The molecular formula is C34H51N3O6S. The maximum Gasteiger partial charge on any atom is 0.408 e. The van der Waals surface area contributed by atoms with Crippen molar-refractivity contribution in [2.75, 3.05) is 31.0 Å². The highest BCUT2D eigenvalue weighted by Gasteiger charge is 2.37. The van der Waals surface area contributed by atoms with Gasteiger partial charge in [-0.05, 0) is 82.4 Å². The zero-order valence-electron chi connectivity index (χ0n) is 27.4. The van der Waals surface area contributed by atoms with E-state index in [-0.39, 0.29) is 12.3 Å². The van der Waals surface area contributed by atoms with Gasteiger partial charge in [-0.15, -0.1) is 0 Å². The summed E-state index contributed by atoms with van der Waals surface area (Å²) < 4.78 is 10.7. The van der Waals surface area contributed by atoms with Crippen molar-refractivity contribution in [2.24, 2.45) is 0 Å². The Balaban J connectivity index is 2.55.